The molecule has 0 radical (unpaired) electrons. The predicted molar refractivity (Wildman–Crippen MR) is 61.1 cm³/mol. The van der Waals surface area contributed by atoms with E-state index < -0.39 is 17.0 Å². The van der Waals surface area contributed by atoms with E-state index in [4.69, 9.17) is 11.6 Å². The fourth-order valence-electron chi connectivity index (χ4n) is 1.50. The Balaban J connectivity index is 3.53. The fraction of sp³-hybridized carbons (Fsp3) is 0.250. The molecule has 1 nitrogen and oxygen atoms in total. The van der Waals surface area contributed by atoms with Gasteiger partial charge in [-0.3, -0.25) is 4.79 Å². The molecule has 0 fully saturated rings. The van der Waals surface area contributed by atoms with E-state index in [-0.39, 0.29) is 11.1 Å². The molecule has 0 amide bonds. The number of aryl methyl sites for hydroxylation is 1. The van der Waals surface area contributed by atoms with E-state index in [1.54, 1.807) is 13.8 Å². The molecule has 0 saturated heterocycles. The Morgan fingerprint density at radius 3 is 2.35 bits per heavy atom. The van der Waals surface area contributed by atoms with Crippen molar-refractivity contribution in [3.8, 4) is 0 Å². The molecule has 0 aliphatic carbocycles. The Kier molecular flexibility index (Phi) is 3.98. The number of allylic oxidation sites excluding steroid dienone is 1. The molecule has 92 valence electrons. The molecule has 0 unspecified atom stereocenters. The highest BCUT2D eigenvalue weighted by Gasteiger charge is 2.33. The first-order valence-electron chi connectivity index (χ1n) is 4.81. The molecule has 5 heteroatoms. The van der Waals surface area contributed by atoms with E-state index in [1.807, 2.05) is 0 Å². The minimum atomic E-state index is -4.51. The zero-order valence-corrected chi connectivity index (χ0v) is 9.99. The van der Waals surface area contributed by atoms with Gasteiger partial charge >= 0.3 is 6.18 Å². The Morgan fingerprint density at radius 2 is 1.94 bits per heavy atom. The molecule has 0 spiro atoms. The summed E-state index contributed by atoms with van der Waals surface area (Å²) in [5, 5.41) is -0.889. The highest BCUT2D eigenvalue weighted by atomic mass is 35.5. The van der Waals surface area contributed by atoms with Crippen molar-refractivity contribution >= 4 is 22.9 Å². The number of carbonyl (C=O) groups excluding carboxylic acids is 1. The quantitative estimate of drug-likeness (QED) is 0.721. The Hall–Kier alpha value is -1.29. The van der Waals surface area contributed by atoms with Crippen LogP contribution in [0.15, 0.2) is 18.2 Å². The summed E-state index contributed by atoms with van der Waals surface area (Å²) in [6.07, 6.45) is -1.66. The molecule has 0 atom stereocenters. The summed E-state index contributed by atoms with van der Waals surface area (Å²) < 4.78 is 38.3. The molecular weight excluding hydrogens is 253 g/mol. The average molecular weight is 263 g/mol. The van der Waals surface area contributed by atoms with E-state index in [1.165, 1.54) is 18.2 Å². The zero-order valence-electron chi connectivity index (χ0n) is 9.23. The lowest BCUT2D eigenvalue weighted by molar-refractivity contribution is -0.137. The van der Waals surface area contributed by atoms with Crippen LogP contribution in [0.3, 0.4) is 0 Å². The van der Waals surface area contributed by atoms with Crippen molar-refractivity contribution in [2.45, 2.75) is 20.0 Å². The van der Waals surface area contributed by atoms with Gasteiger partial charge in [0.2, 0.25) is 0 Å². The minimum Gasteiger partial charge on any atom is -0.276 e. The van der Waals surface area contributed by atoms with Gasteiger partial charge in [-0.1, -0.05) is 18.2 Å². The summed E-state index contributed by atoms with van der Waals surface area (Å²) in [6.45, 7) is 3.17. The lowest BCUT2D eigenvalue weighted by atomic mass is 9.99. The van der Waals surface area contributed by atoms with Crippen molar-refractivity contribution in [2.24, 2.45) is 0 Å². The summed E-state index contributed by atoms with van der Waals surface area (Å²) >= 11 is 5.24. The largest absolute Gasteiger partial charge is 0.417 e. The normalized spacial score (nSPS) is 12.1. The fourth-order valence-corrected chi connectivity index (χ4v) is 1.71. The average Bonchev–Trinajstić information content (AvgIpc) is 2.15. The van der Waals surface area contributed by atoms with E-state index in [0.717, 1.165) is 6.07 Å². The van der Waals surface area contributed by atoms with Crippen LogP contribution in [0.2, 0.25) is 0 Å². The topological polar surface area (TPSA) is 17.1 Å². The molecule has 0 saturated carbocycles. The minimum absolute atomic E-state index is 0.0270. The second-order valence-corrected chi connectivity index (χ2v) is 3.87. The van der Waals surface area contributed by atoms with Gasteiger partial charge in [0.15, 0.2) is 0 Å². The molecule has 1 aromatic rings. The first-order valence-corrected chi connectivity index (χ1v) is 5.19. The summed E-state index contributed by atoms with van der Waals surface area (Å²) in [4.78, 5) is 11.0. The Labute approximate surface area is 102 Å². The van der Waals surface area contributed by atoms with Crippen molar-refractivity contribution in [2.75, 3.05) is 0 Å². The second kappa shape index (κ2) is 4.92. The van der Waals surface area contributed by atoms with Crippen LogP contribution in [-0.2, 0) is 6.18 Å². The van der Waals surface area contributed by atoms with Gasteiger partial charge in [0.05, 0.1) is 5.56 Å². The van der Waals surface area contributed by atoms with Gasteiger partial charge in [0, 0.05) is 5.56 Å². The summed E-state index contributed by atoms with van der Waals surface area (Å²) in [6, 6.07) is 2.10. The van der Waals surface area contributed by atoms with Gasteiger partial charge < -0.3 is 0 Å². The van der Waals surface area contributed by atoms with Crippen molar-refractivity contribution < 1.29 is 18.0 Å². The second-order valence-electron chi connectivity index (χ2n) is 3.53. The van der Waals surface area contributed by atoms with Crippen molar-refractivity contribution in [1.29, 1.82) is 0 Å². The van der Waals surface area contributed by atoms with Crippen LogP contribution in [0, 0.1) is 6.92 Å². The first-order chi connectivity index (χ1) is 7.77. The number of rotatable bonds is 2. The van der Waals surface area contributed by atoms with Gasteiger partial charge in [-0.15, -0.1) is 0 Å². The number of halogens is 4. The number of alkyl halides is 3. The van der Waals surface area contributed by atoms with Crippen molar-refractivity contribution in [3.05, 3.63) is 40.5 Å². The third-order valence-electron chi connectivity index (χ3n) is 2.26. The van der Waals surface area contributed by atoms with Crippen LogP contribution < -0.4 is 0 Å². The molecule has 0 aromatic heterocycles. The number of hydrogen-bond acceptors (Lipinski definition) is 1. The van der Waals surface area contributed by atoms with Crippen LogP contribution in [0.25, 0.3) is 6.08 Å². The number of hydrogen-bond donors (Lipinski definition) is 0. The smallest absolute Gasteiger partial charge is 0.276 e. The van der Waals surface area contributed by atoms with Gasteiger partial charge in [0.25, 0.3) is 5.24 Å². The summed E-state index contributed by atoms with van der Waals surface area (Å²) in [5.41, 5.74) is -0.525. The van der Waals surface area contributed by atoms with Crippen LogP contribution in [0.1, 0.15) is 34.0 Å². The molecule has 1 aromatic carbocycles. The maximum absolute atomic E-state index is 12.8. The summed E-state index contributed by atoms with van der Waals surface area (Å²) in [7, 11) is 0. The molecule has 0 N–H and O–H groups in total. The van der Waals surface area contributed by atoms with Crippen molar-refractivity contribution in [1.82, 2.24) is 0 Å². The molecule has 17 heavy (non-hydrogen) atoms. The molecule has 0 bridgehead atoms. The molecule has 1 rings (SSSR count). The highest BCUT2D eigenvalue weighted by molar-refractivity contribution is 6.67. The third-order valence-corrected chi connectivity index (χ3v) is 2.46. The zero-order chi connectivity index (χ0) is 13.2. The first kappa shape index (κ1) is 13.8. The monoisotopic (exact) mass is 262 g/mol. The maximum Gasteiger partial charge on any atom is 0.417 e. The van der Waals surface area contributed by atoms with Gasteiger partial charge in [-0.2, -0.15) is 13.2 Å². The lowest BCUT2D eigenvalue weighted by Gasteiger charge is -2.13. The Morgan fingerprint density at radius 1 is 1.35 bits per heavy atom. The van der Waals surface area contributed by atoms with E-state index in [0.29, 0.717) is 5.56 Å². The van der Waals surface area contributed by atoms with E-state index in [9.17, 15) is 18.0 Å². The van der Waals surface area contributed by atoms with E-state index in [2.05, 4.69) is 0 Å². The van der Waals surface area contributed by atoms with Crippen LogP contribution in [0.5, 0.6) is 0 Å². The van der Waals surface area contributed by atoms with Gasteiger partial charge in [0.1, 0.15) is 0 Å². The molecule has 0 aliphatic heterocycles. The van der Waals surface area contributed by atoms with Crippen LogP contribution in [0.4, 0.5) is 13.2 Å². The predicted octanol–water partition coefficient (Wildman–Crippen LogP) is 4.43. The number of carbonyl (C=O) groups is 1. The van der Waals surface area contributed by atoms with E-state index >= 15 is 0 Å². The molecule has 0 aliphatic rings. The third kappa shape index (κ3) is 3.09. The van der Waals surface area contributed by atoms with Gasteiger partial charge in [-0.25, -0.2) is 0 Å². The number of benzene rings is 1. The lowest BCUT2D eigenvalue weighted by Crippen LogP contribution is -2.10. The highest BCUT2D eigenvalue weighted by Crippen LogP contribution is 2.34. The van der Waals surface area contributed by atoms with Crippen LogP contribution >= 0.6 is 11.6 Å². The standard InChI is InChI=1S/C12H10ClF3O/c1-3-4-8-5-7(2)9(11(13)17)6-10(8)12(14,15)16/h3-6H,1-2H3. The maximum atomic E-state index is 12.8. The molecule has 0 heterocycles. The van der Waals surface area contributed by atoms with Crippen molar-refractivity contribution in [3.63, 3.8) is 0 Å². The summed E-state index contributed by atoms with van der Waals surface area (Å²) in [5.74, 6) is 0. The van der Waals surface area contributed by atoms with Gasteiger partial charge in [-0.05, 0) is 42.6 Å². The van der Waals surface area contributed by atoms with Crippen LogP contribution in [-0.4, -0.2) is 5.24 Å². The molecular formula is C12H10ClF3O. The Bertz CT molecular complexity index is 475. The SMILES string of the molecule is CC=Cc1cc(C)c(C(=O)Cl)cc1C(F)(F)F.